The predicted octanol–water partition coefficient (Wildman–Crippen LogP) is 6.43. The zero-order valence-corrected chi connectivity index (χ0v) is 24.7. The third-order valence-corrected chi connectivity index (χ3v) is 8.73. The number of fused-ring (bicyclic) bond motifs is 1. The SMILES string of the molecule is Cc1cc(/C=C2\SC(=O)N(CC(=O)N3CCc4ccccc4C3)C2=O)c(C)n1-c1ccc(OCc2ccc(F)cc2)cc1. The molecule has 1 aromatic heterocycles. The number of imide groups is 1. The summed E-state index contributed by atoms with van der Waals surface area (Å²) in [6, 6.07) is 23.8. The lowest BCUT2D eigenvalue weighted by molar-refractivity contribution is -0.136. The van der Waals surface area contributed by atoms with Gasteiger partial charge in [-0.05, 0) is 103 Å². The highest BCUT2D eigenvalue weighted by molar-refractivity contribution is 8.18. The highest BCUT2D eigenvalue weighted by Crippen LogP contribution is 2.34. The normalized spacial score (nSPS) is 15.7. The number of carbonyl (C=O) groups is 3. The monoisotopic (exact) mass is 595 g/mol. The van der Waals surface area contributed by atoms with Gasteiger partial charge in [0.1, 0.15) is 24.7 Å². The number of aryl methyl sites for hydroxylation is 1. The molecule has 0 bridgehead atoms. The van der Waals surface area contributed by atoms with Gasteiger partial charge in [0, 0.05) is 30.2 Å². The first kappa shape index (κ1) is 28.5. The summed E-state index contributed by atoms with van der Waals surface area (Å²) in [5.41, 5.74) is 6.81. The van der Waals surface area contributed by atoms with Crippen molar-refractivity contribution >= 4 is 34.9 Å². The molecule has 0 spiro atoms. The van der Waals surface area contributed by atoms with E-state index in [1.54, 1.807) is 23.1 Å². The average Bonchev–Trinajstić information content (AvgIpc) is 3.44. The van der Waals surface area contributed by atoms with E-state index in [4.69, 9.17) is 4.74 Å². The number of hydrogen-bond donors (Lipinski definition) is 0. The maximum atomic E-state index is 13.2. The van der Waals surface area contributed by atoms with Gasteiger partial charge in [0.2, 0.25) is 5.91 Å². The first-order valence-corrected chi connectivity index (χ1v) is 14.8. The lowest BCUT2D eigenvalue weighted by atomic mass is 10.00. The van der Waals surface area contributed by atoms with E-state index >= 15 is 0 Å². The van der Waals surface area contributed by atoms with Crippen LogP contribution >= 0.6 is 11.8 Å². The number of halogens is 1. The number of rotatable bonds is 7. The summed E-state index contributed by atoms with van der Waals surface area (Å²) in [6.45, 7) is 5.05. The van der Waals surface area contributed by atoms with E-state index in [9.17, 15) is 18.8 Å². The molecule has 0 radical (unpaired) electrons. The molecule has 2 aliphatic rings. The van der Waals surface area contributed by atoms with Gasteiger partial charge in [-0.2, -0.15) is 0 Å². The molecule has 43 heavy (non-hydrogen) atoms. The van der Waals surface area contributed by atoms with Crippen molar-refractivity contribution in [1.82, 2.24) is 14.4 Å². The summed E-state index contributed by atoms with van der Waals surface area (Å²) in [5.74, 6) is -0.280. The molecule has 218 valence electrons. The molecule has 1 saturated heterocycles. The van der Waals surface area contributed by atoms with Gasteiger partial charge in [-0.1, -0.05) is 36.4 Å². The van der Waals surface area contributed by atoms with Crippen molar-refractivity contribution in [2.75, 3.05) is 13.1 Å². The molecule has 6 rings (SSSR count). The molecule has 3 heterocycles. The number of thioether (sulfide) groups is 1. The Morgan fingerprint density at radius 2 is 1.70 bits per heavy atom. The van der Waals surface area contributed by atoms with Crippen LogP contribution in [-0.4, -0.2) is 44.5 Å². The van der Waals surface area contributed by atoms with Crippen LogP contribution in [0.2, 0.25) is 0 Å². The Morgan fingerprint density at radius 1 is 0.977 bits per heavy atom. The maximum absolute atomic E-state index is 13.2. The molecule has 0 atom stereocenters. The van der Waals surface area contributed by atoms with Crippen LogP contribution in [0.25, 0.3) is 11.8 Å². The van der Waals surface area contributed by atoms with E-state index in [1.165, 1.54) is 17.7 Å². The fraction of sp³-hybridized carbons (Fsp3) is 0.206. The van der Waals surface area contributed by atoms with Crippen LogP contribution in [0.1, 0.15) is 33.6 Å². The molecule has 0 N–H and O–H groups in total. The number of benzene rings is 3. The Hall–Kier alpha value is -4.63. The van der Waals surface area contributed by atoms with Crippen LogP contribution in [-0.2, 0) is 29.2 Å². The first-order valence-electron chi connectivity index (χ1n) is 14.0. The Kier molecular flexibility index (Phi) is 7.90. The van der Waals surface area contributed by atoms with E-state index < -0.39 is 11.1 Å². The summed E-state index contributed by atoms with van der Waals surface area (Å²) in [6.07, 6.45) is 2.48. The zero-order valence-electron chi connectivity index (χ0n) is 23.9. The van der Waals surface area contributed by atoms with Gasteiger partial charge in [0.25, 0.3) is 11.1 Å². The summed E-state index contributed by atoms with van der Waals surface area (Å²) in [4.78, 5) is 42.1. The minimum absolute atomic E-state index is 0.235. The van der Waals surface area contributed by atoms with Crippen molar-refractivity contribution in [3.05, 3.63) is 123 Å². The molecule has 4 aromatic rings. The van der Waals surface area contributed by atoms with Crippen molar-refractivity contribution < 1.29 is 23.5 Å². The molecular weight excluding hydrogens is 565 g/mol. The minimum atomic E-state index is -0.451. The van der Waals surface area contributed by atoms with Crippen LogP contribution < -0.4 is 4.74 Å². The third kappa shape index (κ3) is 5.99. The molecule has 0 saturated carbocycles. The predicted molar refractivity (Wildman–Crippen MR) is 164 cm³/mol. The number of ether oxygens (including phenoxy) is 1. The number of amides is 3. The second-order valence-electron chi connectivity index (χ2n) is 10.7. The molecule has 7 nitrogen and oxygen atoms in total. The fourth-order valence-corrected chi connectivity index (χ4v) is 6.32. The molecule has 3 aromatic carbocycles. The van der Waals surface area contributed by atoms with Crippen LogP contribution in [0.3, 0.4) is 0 Å². The van der Waals surface area contributed by atoms with Crippen molar-refractivity contribution in [3.63, 3.8) is 0 Å². The van der Waals surface area contributed by atoms with Crippen molar-refractivity contribution in [3.8, 4) is 11.4 Å². The summed E-state index contributed by atoms with van der Waals surface area (Å²) in [5, 5.41) is -0.438. The minimum Gasteiger partial charge on any atom is -0.489 e. The summed E-state index contributed by atoms with van der Waals surface area (Å²) in [7, 11) is 0. The van der Waals surface area contributed by atoms with Crippen LogP contribution in [0.4, 0.5) is 9.18 Å². The van der Waals surface area contributed by atoms with Gasteiger partial charge in [-0.25, -0.2) is 4.39 Å². The molecule has 9 heteroatoms. The largest absolute Gasteiger partial charge is 0.489 e. The van der Waals surface area contributed by atoms with E-state index in [-0.39, 0.29) is 18.3 Å². The van der Waals surface area contributed by atoms with E-state index in [2.05, 4.69) is 10.6 Å². The molecule has 1 fully saturated rings. The maximum Gasteiger partial charge on any atom is 0.294 e. The Balaban J connectivity index is 1.13. The lowest BCUT2D eigenvalue weighted by Crippen LogP contribution is -2.44. The number of aromatic nitrogens is 1. The van der Waals surface area contributed by atoms with Crippen LogP contribution in [0, 0.1) is 19.7 Å². The quantitative estimate of drug-likeness (QED) is 0.230. The van der Waals surface area contributed by atoms with Gasteiger partial charge in [0.05, 0.1) is 4.91 Å². The van der Waals surface area contributed by atoms with E-state index in [0.717, 1.165) is 56.8 Å². The van der Waals surface area contributed by atoms with E-state index in [0.29, 0.717) is 30.4 Å². The van der Waals surface area contributed by atoms with Crippen molar-refractivity contribution in [2.45, 2.75) is 33.4 Å². The summed E-state index contributed by atoms with van der Waals surface area (Å²) < 4.78 is 21.1. The Labute approximate surface area is 253 Å². The van der Waals surface area contributed by atoms with Gasteiger partial charge in [0.15, 0.2) is 0 Å². The molecule has 2 aliphatic heterocycles. The van der Waals surface area contributed by atoms with Crippen molar-refractivity contribution in [1.29, 1.82) is 0 Å². The Morgan fingerprint density at radius 3 is 2.44 bits per heavy atom. The Bertz CT molecular complexity index is 1740. The number of nitrogens with zero attached hydrogens (tertiary/aromatic N) is 3. The van der Waals surface area contributed by atoms with Gasteiger partial charge in [-0.15, -0.1) is 0 Å². The fourth-order valence-electron chi connectivity index (χ4n) is 5.49. The van der Waals surface area contributed by atoms with Gasteiger partial charge < -0.3 is 14.2 Å². The smallest absolute Gasteiger partial charge is 0.294 e. The molecular formula is C34H30FN3O4S. The van der Waals surface area contributed by atoms with E-state index in [1.807, 2.05) is 62.4 Å². The zero-order chi connectivity index (χ0) is 30.1. The first-order chi connectivity index (χ1) is 20.8. The van der Waals surface area contributed by atoms with Gasteiger partial charge >= 0.3 is 0 Å². The van der Waals surface area contributed by atoms with Crippen LogP contribution in [0.5, 0.6) is 5.75 Å². The molecule has 0 aliphatic carbocycles. The lowest BCUT2D eigenvalue weighted by Gasteiger charge is -2.29. The third-order valence-electron chi connectivity index (χ3n) is 7.82. The highest BCUT2D eigenvalue weighted by Gasteiger charge is 2.37. The molecule has 3 amide bonds. The number of carbonyl (C=O) groups excluding carboxylic acids is 3. The van der Waals surface area contributed by atoms with Gasteiger partial charge in [-0.3, -0.25) is 19.3 Å². The molecule has 0 unspecified atom stereocenters. The number of hydrogen-bond acceptors (Lipinski definition) is 5. The standard InChI is InChI=1S/C34H30FN3O4S/c1-22-17-27(23(2)38(22)29-11-13-30(14-12-29)42-21-24-7-9-28(35)10-8-24)18-31-33(40)37(34(41)43-31)20-32(39)36-16-15-25-5-3-4-6-26(25)19-36/h3-14,17-18H,15-16,19-21H2,1-2H3/b31-18-. The average molecular weight is 596 g/mol. The topological polar surface area (TPSA) is 71.9 Å². The van der Waals surface area contributed by atoms with Crippen molar-refractivity contribution in [2.24, 2.45) is 0 Å². The highest BCUT2D eigenvalue weighted by atomic mass is 32.2. The second kappa shape index (κ2) is 11.9. The second-order valence-corrected chi connectivity index (χ2v) is 11.7. The van der Waals surface area contributed by atoms with Crippen LogP contribution in [0.15, 0.2) is 83.8 Å². The summed E-state index contributed by atoms with van der Waals surface area (Å²) >= 11 is 0.861.